The molecule has 0 fully saturated rings. The summed E-state index contributed by atoms with van der Waals surface area (Å²) in [6.45, 7) is 4.73. The third-order valence-corrected chi connectivity index (χ3v) is 11.6. The Hall–Kier alpha value is -2.18. The number of amides is 1. The van der Waals surface area contributed by atoms with Gasteiger partial charge in [-0.05, 0) is 77.0 Å². The van der Waals surface area contributed by atoms with E-state index in [0.717, 1.165) is 51.4 Å². The van der Waals surface area contributed by atoms with Crippen LogP contribution in [0, 0.1) is 0 Å². The summed E-state index contributed by atoms with van der Waals surface area (Å²) in [7, 11) is 0. The van der Waals surface area contributed by atoms with Gasteiger partial charge in [-0.25, -0.2) is 0 Å². The lowest BCUT2D eigenvalue weighted by Crippen LogP contribution is -2.45. The molecule has 6 heteroatoms. The standard InChI is InChI=1S/C54H99NO5/c1-3-5-7-9-11-13-14-24-28-32-36-40-44-48-54(59)60-49-45-41-37-33-29-26-23-21-19-17-15-16-18-20-22-25-27-31-35-39-43-47-53(58)55-51(50-56)52(57)46-42-38-34-30-12-10-8-6-4-2/h13-14,26,29,37,41-42,46,51-52,56-57H,3-12,15-25,27-28,30-36,38-40,43-45,47-50H2,1-2H3,(H,55,58)/b14-13-,29-26-,41-37-,46-42+. The first-order chi connectivity index (χ1) is 29.5. The van der Waals surface area contributed by atoms with Gasteiger partial charge in [-0.3, -0.25) is 9.59 Å². The zero-order chi connectivity index (χ0) is 43.7. The lowest BCUT2D eigenvalue weighted by atomic mass is 10.0. The Kier molecular flexibility index (Phi) is 47.7. The molecule has 6 nitrogen and oxygen atoms in total. The average Bonchev–Trinajstić information content (AvgIpc) is 3.25. The maximum absolute atomic E-state index is 12.4. The van der Waals surface area contributed by atoms with Crippen molar-refractivity contribution >= 4 is 11.9 Å². The molecular formula is C54H99NO5. The number of allylic oxidation sites excluding steroid dienone is 6. The highest BCUT2D eigenvalue weighted by Crippen LogP contribution is 2.15. The van der Waals surface area contributed by atoms with Crippen molar-refractivity contribution in [2.45, 2.75) is 270 Å². The lowest BCUT2D eigenvalue weighted by molar-refractivity contribution is -0.143. The van der Waals surface area contributed by atoms with Crippen molar-refractivity contribution in [1.29, 1.82) is 0 Å². The van der Waals surface area contributed by atoms with Crippen LogP contribution in [0.15, 0.2) is 48.6 Å². The number of aliphatic hydroxyl groups excluding tert-OH is 2. The maximum Gasteiger partial charge on any atom is 0.305 e. The Morgan fingerprint density at radius 2 is 0.833 bits per heavy atom. The maximum atomic E-state index is 12.4. The topological polar surface area (TPSA) is 95.9 Å². The fourth-order valence-corrected chi connectivity index (χ4v) is 7.58. The van der Waals surface area contributed by atoms with E-state index >= 15 is 0 Å². The SMILES string of the molecule is CCCCCC/C=C\CCCCCCCC(=O)OCC/C=C\C/C=C\CCCCCCCCCCCCCCCCC(=O)NC(CO)C(O)/C=C/CCCCCCCCC. The van der Waals surface area contributed by atoms with Gasteiger partial charge in [-0.1, -0.05) is 217 Å². The summed E-state index contributed by atoms with van der Waals surface area (Å²) in [6, 6.07) is -0.630. The smallest absolute Gasteiger partial charge is 0.305 e. The summed E-state index contributed by atoms with van der Waals surface area (Å²) in [5, 5.41) is 22.9. The van der Waals surface area contributed by atoms with Crippen molar-refractivity contribution in [2.75, 3.05) is 13.2 Å². The second kappa shape index (κ2) is 49.5. The Bertz CT molecular complexity index is 1020. The van der Waals surface area contributed by atoms with E-state index in [2.05, 4.69) is 55.6 Å². The minimum Gasteiger partial charge on any atom is -0.465 e. The van der Waals surface area contributed by atoms with Gasteiger partial charge in [0.2, 0.25) is 5.91 Å². The second-order valence-electron chi connectivity index (χ2n) is 17.5. The van der Waals surface area contributed by atoms with Crippen molar-refractivity contribution < 1.29 is 24.5 Å². The first-order valence-corrected chi connectivity index (χ1v) is 25.9. The van der Waals surface area contributed by atoms with Gasteiger partial charge in [-0.15, -0.1) is 0 Å². The number of aliphatic hydroxyl groups is 2. The van der Waals surface area contributed by atoms with Gasteiger partial charge in [0.15, 0.2) is 0 Å². The molecule has 0 saturated carbocycles. The molecule has 0 aliphatic carbocycles. The highest BCUT2D eigenvalue weighted by atomic mass is 16.5. The molecule has 0 aromatic carbocycles. The van der Waals surface area contributed by atoms with E-state index < -0.39 is 12.1 Å². The quantitative estimate of drug-likeness (QED) is 0.0322. The summed E-state index contributed by atoms with van der Waals surface area (Å²) in [5.74, 6) is -0.123. The average molecular weight is 842 g/mol. The van der Waals surface area contributed by atoms with Gasteiger partial charge in [0, 0.05) is 12.8 Å². The molecule has 2 atom stereocenters. The van der Waals surface area contributed by atoms with Crippen LogP contribution < -0.4 is 5.32 Å². The summed E-state index contributed by atoms with van der Waals surface area (Å²) < 4.78 is 5.39. The zero-order valence-corrected chi connectivity index (χ0v) is 39.7. The molecule has 1 amide bonds. The van der Waals surface area contributed by atoms with Crippen LogP contribution in [0.25, 0.3) is 0 Å². The molecule has 0 aromatic heterocycles. The second-order valence-corrected chi connectivity index (χ2v) is 17.5. The van der Waals surface area contributed by atoms with Gasteiger partial charge in [0.25, 0.3) is 0 Å². The van der Waals surface area contributed by atoms with Crippen LogP contribution >= 0.6 is 0 Å². The van der Waals surface area contributed by atoms with E-state index in [4.69, 9.17) is 4.74 Å². The molecule has 2 unspecified atom stereocenters. The van der Waals surface area contributed by atoms with Crippen LogP contribution in [0.5, 0.6) is 0 Å². The normalized spacial score (nSPS) is 13.1. The van der Waals surface area contributed by atoms with Crippen LogP contribution in [0.4, 0.5) is 0 Å². The van der Waals surface area contributed by atoms with Crippen LogP contribution in [0.2, 0.25) is 0 Å². The minimum absolute atomic E-state index is 0.0462. The molecule has 0 radical (unpaired) electrons. The molecule has 0 spiro atoms. The number of esters is 1. The molecule has 350 valence electrons. The number of carbonyl (C=O) groups is 2. The summed E-state index contributed by atoms with van der Waals surface area (Å²) in [5.41, 5.74) is 0. The van der Waals surface area contributed by atoms with Crippen molar-refractivity contribution in [2.24, 2.45) is 0 Å². The molecule has 3 N–H and O–H groups in total. The molecule has 0 rings (SSSR count). The Morgan fingerprint density at radius 3 is 1.30 bits per heavy atom. The third-order valence-electron chi connectivity index (χ3n) is 11.6. The molecule has 0 aromatic rings. The number of rotatable bonds is 47. The van der Waals surface area contributed by atoms with Crippen LogP contribution in [0.1, 0.15) is 258 Å². The van der Waals surface area contributed by atoms with Crippen LogP contribution in [-0.2, 0) is 14.3 Å². The number of hydrogen-bond donors (Lipinski definition) is 3. The van der Waals surface area contributed by atoms with E-state index in [1.54, 1.807) is 6.08 Å². The van der Waals surface area contributed by atoms with Crippen molar-refractivity contribution in [1.82, 2.24) is 5.32 Å². The molecule has 60 heavy (non-hydrogen) atoms. The summed E-state index contributed by atoms with van der Waals surface area (Å²) >= 11 is 0. The first-order valence-electron chi connectivity index (χ1n) is 25.9. The van der Waals surface area contributed by atoms with Crippen molar-refractivity contribution in [3.8, 4) is 0 Å². The van der Waals surface area contributed by atoms with Crippen molar-refractivity contribution in [3.05, 3.63) is 48.6 Å². The molecule has 0 heterocycles. The zero-order valence-electron chi connectivity index (χ0n) is 39.7. The number of nitrogens with one attached hydrogen (secondary N) is 1. The third kappa shape index (κ3) is 45.3. The Morgan fingerprint density at radius 1 is 0.467 bits per heavy atom. The van der Waals surface area contributed by atoms with Gasteiger partial charge in [0.1, 0.15) is 0 Å². The minimum atomic E-state index is -0.846. The fraction of sp³-hybridized carbons (Fsp3) is 0.815. The largest absolute Gasteiger partial charge is 0.465 e. The molecule has 0 aliphatic heterocycles. The Balaban J connectivity index is 3.47. The van der Waals surface area contributed by atoms with Gasteiger partial charge in [0.05, 0.1) is 25.4 Å². The monoisotopic (exact) mass is 842 g/mol. The van der Waals surface area contributed by atoms with Crippen LogP contribution in [-0.4, -0.2) is 47.4 Å². The summed E-state index contributed by atoms with van der Waals surface area (Å²) in [4.78, 5) is 24.3. The summed E-state index contributed by atoms with van der Waals surface area (Å²) in [6.07, 6.45) is 61.4. The van der Waals surface area contributed by atoms with E-state index in [1.165, 1.54) is 180 Å². The number of hydrogen-bond acceptors (Lipinski definition) is 5. The van der Waals surface area contributed by atoms with E-state index in [1.807, 2.05) is 6.08 Å². The molecule has 0 aliphatic rings. The van der Waals surface area contributed by atoms with Gasteiger partial charge < -0.3 is 20.3 Å². The van der Waals surface area contributed by atoms with E-state index in [-0.39, 0.29) is 18.5 Å². The fourth-order valence-electron chi connectivity index (χ4n) is 7.58. The van der Waals surface area contributed by atoms with Gasteiger partial charge in [-0.2, -0.15) is 0 Å². The van der Waals surface area contributed by atoms with Crippen LogP contribution in [0.3, 0.4) is 0 Å². The number of carbonyl (C=O) groups excluding carboxylic acids is 2. The predicted octanol–water partition coefficient (Wildman–Crippen LogP) is 15.5. The van der Waals surface area contributed by atoms with E-state index in [9.17, 15) is 19.8 Å². The molecule has 0 bridgehead atoms. The predicted molar refractivity (Wildman–Crippen MR) is 259 cm³/mol. The Labute approximate surface area is 372 Å². The first kappa shape index (κ1) is 57.8. The molecule has 0 saturated heterocycles. The van der Waals surface area contributed by atoms with Gasteiger partial charge >= 0.3 is 5.97 Å². The number of unbranched alkanes of at least 4 members (excludes halogenated alkanes) is 30. The van der Waals surface area contributed by atoms with E-state index in [0.29, 0.717) is 19.4 Å². The lowest BCUT2D eigenvalue weighted by Gasteiger charge is -2.20. The van der Waals surface area contributed by atoms with Crippen molar-refractivity contribution in [3.63, 3.8) is 0 Å². The highest BCUT2D eigenvalue weighted by molar-refractivity contribution is 5.76. The number of ether oxygens (including phenoxy) is 1. The highest BCUT2D eigenvalue weighted by Gasteiger charge is 2.18. The molecular weight excluding hydrogens is 743 g/mol.